The van der Waals surface area contributed by atoms with Crippen molar-refractivity contribution in [3.8, 4) is 0 Å². The van der Waals surface area contributed by atoms with Gasteiger partial charge in [-0.3, -0.25) is 9.78 Å². The van der Waals surface area contributed by atoms with Gasteiger partial charge < -0.3 is 10.6 Å². The molecule has 0 unspecified atom stereocenters. The number of piperidine rings is 1. The summed E-state index contributed by atoms with van der Waals surface area (Å²) in [7, 11) is 0. The number of nitrogens with zero attached hydrogens (tertiary/aromatic N) is 2. The molecule has 1 fully saturated rings. The van der Waals surface area contributed by atoms with Crippen LogP contribution in [0.1, 0.15) is 36.4 Å². The van der Waals surface area contributed by atoms with Crippen LogP contribution >= 0.6 is 11.3 Å². The third-order valence-electron chi connectivity index (χ3n) is 4.08. The number of hydrogen-bond acceptors (Lipinski definition) is 4. The van der Waals surface area contributed by atoms with Gasteiger partial charge in [-0.1, -0.05) is 13.8 Å². The van der Waals surface area contributed by atoms with E-state index in [4.69, 9.17) is 5.73 Å². The van der Waals surface area contributed by atoms with Crippen molar-refractivity contribution in [3.63, 3.8) is 0 Å². The van der Waals surface area contributed by atoms with Gasteiger partial charge in [0.05, 0.1) is 10.4 Å². The molecule has 20 heavy (non-hydrogen) atoms. The van der Waals surface area contributed by atoms with Crippen molar-refractivity contribution < 1.29 is 4.79 Å². The summed E-state index contributed by atoms with van der Waals surface area (Å²) in [6.07, 6.45) is 3.80. The normalized spacial score (nSPS) is 18.4. The molecule has 0 saturated carbocycles. The standard InChI is InChI=1S/C15H19N3OS/c1-15(2)5-8-18(9-6-15)14(19)13-11(16)12-10(20-13)4-3-7-17-12/h3-4,7H,5-6,8-9,16H2,1-2H3. The zero-order chi connectivity index (χ0) is 14.3. The number of nitrogen functional groups attached to an aromatic ring is 1. The Balaban J connectivity index is 1.88. The van der Waals surface area contributed by atoms with E-state index in [0.29, 0.717) is 16.0 Å². The lowest BCUT2D eigenvalue weighted by atomic mass is 9.82. The van der Waals surface area contributed by atoms with Gasteiger partial charge in [0.15, 0.2) is 0 Å². The van der Waals surface area contributed by atoms with E-state index >= 15 is 0 Å². The van der Waals surface area contributed by atoms with Crippen LogP contribution in [0.5, 0.6) is 0 Å². The topological polar surface area (TPSA) is 59.2 Å². The van der Waals surface area contributed by atoms with E-state index in [2.05, 4.69) is 18.8 Å². The number of likely N-dealkylation sites (tertiary alicyclic amines) is 1. The lowest BCUT2D eigenvalue weighted by Crippen LogP contribution is -2.41. The third-order valence-corrected chi connectivity index (χ3v) is 5.23. The summed E-state index contributed by atoms with van der Waals surface area (Å²) in [5.74, 6) is 0.0565. The van der Waals surface area contributed by atoms with Crippen LogP contribution in [-0.4, -0.2) is 28.9 Å². The molecule has 0 bridgehead atoms. The van der Waals surface area contributed by atoms with Gasteiger partial charge in [-0.15, -0.1) is 11.3 Å². The fraction of sp³-hybridized carbons (Fsp3) is 0.467. The Morgan fingerprint density at radius 2 is 2.10 bits per heavy atom. The highest BCUT2D eigenvalue weighted by molar-refractivity contribution is 7.21. The number of thiophene rings is 1. The first-order chi connectivity index (χ1) is 9.48. The van der Waals surface area contributed by atoms with Gasteiger partial charge in [0.25, 0.3) is 5.91 Å². The summed E-state index contributed by atoms with van der Waals surface area (Å²) in [5, 5.41) is 0. The van der Waals surface area contributed by atoms with E-state index in [9.17, 15) is 4.79 Å². The summed E-state index contributed by atoms with van der Waals surface area (Å²) >= 11 is 1.45. The van der Waals surface area contributed by atoms with E-state index in [-0.39, 0.29) is 5.91 Å². The number of nitrogens with two attached hydrogens (primary N) is 1. The predicted octanol–water partition coefficient (Wildman–Crippen LogP) is 3.14. The second kappa shape index (κ2) is 4.74. The quantitative estimate of drug-likeness (QED) is 0.877. The first-order valence-corrected chi connectivity index (χ1v) is 7.72. The number of anilines is 1. The average molecular weight is 289 g/mol. The Morgan fingerprint density at radius 3 is 2.75 bits per heavy atom. The lowest BCUT2D eigenvalue weighted by Gasteiger charge is -2.36. The second-order valence-corrected chi connectivity index (χ2v) is 7.20. The predicted molar refractivity (Wildman–Crippen MR) is 83.0 cm³/mol. The van der Waals surface area contributed by atoms with Gasteiger partial charge in [-0.05, 0) is 30.4 Å². The Morgan fingerprint density at radius 1 is 1.40 bits per heavy atom. The van der Waals surface area contributed by atoms with E-state index in [0.717, 1.165) is 36.1 Å². The van der Waals surface area contributed by atoms with Crippen molar-refractivity contribution in [2.75, 3.05) is 18.8 Å². The van der Waals surface area contributed by atoms with Gasteiger partial charge in [-0.2, -0.15) is 0 Å². The number of carbonyl (C=O) groups is 1. The SMILES string of the molecule is CC1(C)CCN(C(=O)c2sc3cccnc3c2N)CC1. The van der Waals surface area contributed by atoms with Gasteiger partial charge in [0, 0.05) is 19.3 Å². The molecule has 0 aliphatic carbocycles. The van der Waals surface area contributed by atoms with E-state index in [1.54, 1.807) is 6.20 Å². The maximum absolute atomic E-state index is 12.6. The van der Waals surface area contributed by atoms with Gasteiger partial charge in [0.2, 0.25) is 0 Å². The molecule has 1 aliphatic heterocycles. The zero-order valence-corrected chi connectivity index (χ0v) is 12.7. The van der Waals surface area contributed by atoms with Crippen LogP contribution in [0.2, 0.25) is 0 Å². The van der Waals surface area contributed by atoms with Crippen LogP contribution < -0.4 is 5.73 Å². The van der Waals surface area contributed by atoms with Crippen molar-refractivity contribution in [2.45, 2.75) is 26.7 Å². The maximum Gasteiger partial charge on any atom is 0.266 e. The molecule has 3 heterocycles. The summed E-state index contributed by atoms with van der Waals surface area (Å²) < 4.78 is 0.977. The number of rotatable bonds is 1. The molecular weight excluding hydrogens is 270 g/mol. The van der Waals surface area contributed by atoms with Crippen molar-refractivity contribution in [2.24, 2.45) is 5.41 Å². The van der Waals surface area contributed by atoms with Crippen LogP contribution in [0.3, 0.4) is 0 Å². The Kier molecular flexibility index (Phi) is 3.17. The maximum atomic E-state index is 12.6. The molecule has 4 nitrogen and oxygen atoms in total. The van der Waals surface area contributed by atoms with Crippen molar-refractivity contribution in [1.82, 2.24) is 9.88 Å². The van der Waals surface area contributed by atoms with Crippen molar-refractivity contribution in [3.05, 3.63) is 23.2 Å². The lowest BCUT2D eigenvalue weighted by molar-refractivity contribution is 0.0636. The summed E-state index contributed by atoms with van der Waals surface area (Å²) in [5.41, 5.74) is 7.71. The van der Waals surface area contributed by atoms with Gasteiger partial charge in [0.1, 0.15) is 10.4 Å². The van der Waals surface area contributed by atoms with Crippen molar-refractivity contribution in [1.29, 1.82) is 0 Å². The number of amides is 1. The summed E-state index contributed by atoms with van der Waals surface area (Å²) in [4.78, 5) is 19.5. The van der Waals surface area contributed by atoms with Crippen LogP contribution in [0, 0.1) is 5.41 Å². The molecule has 3 rings (SSSR count). The van der Waals surface area contributed by atoms with Crippen LogP contribution in [0.15, 0.2) is 18.3 Å². The number of aromatic nitrogens is 1. The fourth-order valence-corrected chi connectivity index (χ4v) is 3.61. The summed E-state index contributed by atoms with van der Waals surface area (Å²) in [6, 6.07) is 3.83. The molecule has 1 amide bonds. The van der Waals surface area contributed by atoms with E-state index in [1.165, 1.54) is 11.3 Å². The molecule has 2 N–H and O–H groups in total. The van der Waals surface area contributed by atoms with Crippen LogP contribution in [0.25, 0.3) is 10.2 Å². The van der Waals surface area contributed by atoms with Crippen molar-refractivity contribution >= 4 is 33.1 Å². The number of pyridine rings is 1. The third kappa shape index (κ3) is 2.26. The second-order valence-electron chi connectivity index (χ2n) is 6.15. The fourth-order valence-electron chi connectivity index (χ4n) is 2.57. The molecule has 2 aromatic rings. The minimum Gasteiger partial charge on any atom is -0.396 e. The molecule has 1 saturated heterocycles. The average Bonchev–Trinajstić information content (AvgIpc) is 2.76. The minimum absolute atomic E-state index is 0.0565. The highest BCUT2D eigenvalue weighted by Crippen LogP contribution is 2.35. The molecule has 0 radical (unpaired) electrons. The summed E-state index contributed by atoms with van der Waals surface area (Å²) in [6.45, 7) is 6.14. The van der Waals surface area contributed by atoms with Crippen LogP contribution in [0.4, 0.5) is 5.69 Å². The van der Waals surface area contributed by atoms with Crippen LogP contribution in [-0.2, 0) is 0 Å². The Labute approximate surface area is 122 Å². The largest absolute Gasteiger partial charge is 0.396 e. The Hall–Kier alpha value is -1.62. The zero-order valence-electron chi connectivity index (χ0n) is 11.8. The molecule has 0 atom stereocenters. The number of hydrogen-bond donors (Lipinski definition) is 1. The Bertz CT molecular complexity index is 652. The van der Waals surface area contributed by atoms with E-state index < -0.39 is 0 Å². The number of fused-ring (bicyclic) bond motifs is 1. The van der Waals surface area contributed by atoms with E-state index in [1.807, 2.05) is 17.0 Å². The highest BCUT2D eigenvalue weighted by Gasteiger charge is 2.30. The van der Waals surface area contributed by atoms with Gasteiger partial charge in [-0.25, -0.2) is 0 Å². The highest BCUT2D eigenvalue weighted by atomic mass is 32.1. The molecule has 2 aromatic heterocycles. The molecule has 0 spiro atoms. The molecule has 0 aromatic carbocycles. The molecule has 5 heteroatoms. The minimum atomic E-state index is 0.0565. The molecule has 106 valence electrons. The first kappa shape index (κ1) is 13.4. The molecule has 1 aliphatic rings. The van der Waals surface area contributed by atoms with Gasteiger partial charge >= 0.3 is 0 Å². The first-order valence-electron chi connectivity index (χ1n) is 6.90. The monoisotopic (exact) mass is 289 g/mol. The molecular formula is C15H19N3OS. The number of carbonyl (C=O) groups excluding carboxylic acids is 1. The smallest absolute Gasteiger partial charge is 0.266 e.